The molecule has 0 spiro atoms. The van der Waals surface area contributed by atoms with Gasteiger partial charge in [0.25, 0.3) is 5.69 Å². The van der Waals surface area contributed by atoms with E-state index >= 15 is 0 Å². The molecule has 0 amide bonds. The Hall–Kier alpha value is -2.17. The normalized spacial score (nSPS) is 11.6. The lowest BCUT2D eigenvalue weighted by atomic mass is 10.1. The highest BCUT2D eigenvalue weighted by atomic mass is 35.5. The van der Waals surface area contributed by atoms with Crippen molar-refractivity contribution in [3.8, 4) is 6.07 Å². The van der Waals surface area contributed by atoms with Crippen molar-refractivity contribution in [3.05, 3.63) is 38.9 Å². The number of aliphatic carboxylic acids is 1. The molecule has 0 fully saturated rings. The SMILES string of the molecule is N#CC(NCCC(=O)O)c1ccc(Cl)c([N+](=O)[O-])c1. The van der Waals surface area contributed by atoms with E-state index in [2.05, 4.69) is 5.32 Å². The van der Waals surface area contributed by atoms with Crippen molar-refractivity contribution in [1.29, 1.82) is 5.26 Å². The van der Waals surface area contributed by atoms with E-state index in [-0.39, 0.29) is 23.7 Å². The number of hydrogen-bond acceptors (Lipinski definition) is 5. The third kappa shape index (κ3) is 4.21. The molecular formula is C11H10ClN3O4. The van der Waals surface area contributed by atoms with E-state index in [9.17, 15) is 14.9 Å². The summed E-state index contributed by atoms with van der Waals surface area (Å²) in [7, 11) is 0. The van der Waals surface area contributed by atoms with Gasteiger partial charge in [0.05, 0.1) is 17.4 Å². The Morgan fingerprint density at radius 2 is 2.32 bits per heavy atom. The summed E-state index contributed by atoms with van der Waals surface area (Å²) in [6, 6.07) is 5.10. The molecule has 1 aromatic carbocycles. The van der Waals surface area contributed by atoms with Gasteiger partial charge in [-0.2, -0.15) is 5.26 Å². The number of nitro groups is 1. The Bertz CT molecular complexity index is 541. The molecule has 7 nitrogen and oxygen atoms in total. The summed E-state index contributed by atoms with van der Waals surface area (Å²) in [4.78, 5) is 20.5. The van der Waals surface area contributed by atoms with Crippen LogP contribution in [0.4, 0.5) is 5.69 Å². The molecule has 0 aliphatic rings. The van der Waals surface area contributed by atoms with Gasteiger partial charge < -0.3 is 5.11 Å². The van der Waals surface area contributed by atoms with E-state index in [0.717, 1.165) is 0 Å². The number of nitro benzene ring substituents is 1. The fraction of sp³-hybridized carbons (Fsp3) is 0.273. The van der Waals surface area contributed by atoms with Gasteiger partial charge in [-0.1, -0.05) is 17.7 Å². The van der Waals surface area contributed by atoms with Crippen molar-refractivity contribution in [2.75, 3.05) is 6.54 Å². The van der Waals surface area contributed by atoms with Gasteiger partial charge in [-0.05, 0) is 11.6 Å². The van der Waals surface area contributed by atoms with Crippen LogP contribution in [-0.2, 0) is 4.79 Å². The topological polar surface area (TPSA) is 116 Å². The summed E-state index contributed by atoms with van der Waals surface area (Å²) in [6.45, 7) is 0.0873. The summed E-state index contributed by atoms with van der Waals surface area (Å²) < 4.78 is 0. The molecule has 0 radical (unpaired) electrons. The zero-order valence-electron chi connectivity index (χ0n) is 9.67. The average Bonchev–Trinajstić information content (AvgIpc) is 2.35. The number of carboxylic acid groups (broad SMARTS) is 1. The second-order valence-corrected chi connectivity index (χ2v) is 4.04. The zero-order chi connectivity index (χ0) is 14.4. The molecule has 0 bridgehead atoms. The fourth-order valence-corrected chi connectivity index (χ4v) is 1.60. The third-order valence-corrected chi connectivity index (χ3v) is 2.64. The lowest BCUT2D eigenvalue weighted by molar-refractivity contribution is -0.384. The Morgan fingerprint density at radius 1 is 1.63 bits per heavy atom. The van der Waals surface area contributed by atoms with Crippen LogP contribution in [0.1, 0.15) is 18.0 Å². The number of hydrogen-bond donors (Lipinski definition) is 2. The second kappa shape index (κ2) is 6.68. The molecule has 0 heterocycles. The van der Waals surface area contributed by atoms with E-state index in [4.69, 9.17) is 22.0 Å². The maximum Gasteiger partial charge on any atom is 0.304 e. The van der Waals surface area contributed by atoms with Crippen LogP contribution in [0.5, 0.6) is 0 Å². The Balaban J connectivity index is 2.87. The van der Waals surface area contributed by atoms with E-state index in [1.165, 1.54) is 18.2 Å². The molecule has 2 N–H and O–H groups in total. The Kier molecular flexibility index (Phi) is 5.23. The van der Waals surface area contributed by atoms with Crippen LogP contribution < -0.4 is 5.32 Å². The van der Waals surface area contributed by atoms with Gasteiger partial charge in [0.2, 0.25) is 0 Å². The highest BCUT2D eigenvalue weighted by Crippen LogP contribution is 2.27. The minimum Gasteiger partial charge on any atom is -0.481 e. The molecule has 100 valence electrons. The predicted molar refractivity (Wildman–Crippen MR) is 66.7 cm³/mol. The first-order valence-electron chi connectivity index (χ1n) is 5.24. The lowest BCUT2D eigenvalue weighted by Crippen LogP contribution is -2.23. The van der Waals surface area contributed by atoms with Crippen molar-refractivity contribution in [2.45, 2.75) is 12.5 Å². The average molecular weight is 284 g/mol. The molecule has 19 heavy (non-hydrogen) atoms. The van der Waals surface area contributed by atoms with Gasteiger partial charge in [0.1, 0.15) is 11.1 Å². The largest absolute Gasteiger partial charge is 0.481 e. The molecular weight excluding hydrogens is 274 g/mol. The van der Waals surface area contributed by atoms with Gasteiger partial charge in [-0.3, -0.25) is 20.2 Å². The number of carboxylic acids is 1. The number of carbonyl (C=O) groups is 1. The molecule has 1 unspecified atom stereocenters. The minimum absolute atomic E-state index is 0.0176. The molecule has 8 heteroatoms. The molecule has 0 saturated heterocycles. The number of benzene rings is 1. The van der Waals surface area contributed by atoms with Crippen LogP contribution in [0.3, 0.4) is 0 Å². The molecule has 1 rings (SSSR count). The Morgan fingerprint density at radius 3 is 2.84 bits per heavy atom. The van der Waals surface area contributed by atoms with Crippen LogP contribution in [0.25, 0.3) is 0 Å². The first-order valence-corrected chi connectivity index (χ1v) is 5.62. The molecule has 0 aliphatic heterocycles. The molecule has 0 saturated carbocycles. The smallest absolute Gasteiger partial charge is 0.304 e. The minimum atomic E-state index is -0.994. The van der Waals surface area contributed by atoms with Gasteiger partial charge >= 0.3 is 5.97 Å². The third-order valence-electron chi connectivity index (χ3n) is 2.32. The van der Waals surface area contributed by atoms with Crippen LogP contribution in [0, 0.1) is 21.4 Å². The van der Waals surface area contributed by atoms with Gasteiger partial charge in [-0.15, -0.1) is 0 Å². The van der Waals surface area contributed by atoms with Crippen molar-refractivity contribution < 1.29 is 14.8 Å². The molecule has 1 atom stereocenters. The fourth-order valence-electron chi connectivity index (χ4n) is 1.41. The van der Waals surface area contributed by atoms with Crippen LogP contribution in [0.15, 0.2) is 18.2 Å². The summed E-state index contributed by atoms with van der Waals surface area (Å²) in [6.07, 6.45) is -0.145. The predicted octanol–water partition coefficient (Wildman–Crippen LogP) is 1.88. The number of rotatable bonds is 6. The summed E-state index contributed by atoms with van der Waals surface area (Å²) in [5.74, 6) is -0.994. The Labute approximate surface area is 113 Å². The van der Waals surface area contributed by atoms with Gasteiger partial charge in [0, 0.05) is 12.6 Å². The number of halogens is 1. The highest BCUT2D eigenvalue weighted by Gasteiger charge is 2.17. The van der Waals surface area contributed by atoms with E-state index in [1.807, 2.05) is 6.07 Å². The van der Waals surface area contributed by atoms with Crippen LogP contribution in [0.2, 0.25) is 5.02 Å². The van der Waals surface area contributed by atoms with Gasteiger partial charge in [0.15, 0.2) is 0 Å². The van der Waals surface area contributed by atoms with E-state index < -0.39 is 16.9 Å². The maximum atomic E-state index is 10.7. The maximum absolute atomic E-state index is 10.7. The summed E-state index contributed by atoms with van der Waals surface area (Å²) in [5.41, 5.74) is 0.0726. The zero-order valence-corrected chi connectivity index (χ0v) is 10.4. The standard InChI is InChI=1S/C11H10ClN3O4/c12-8-2-1-7(5-10(8)15(18)19)9(6-13)14-4-3-11(16)17/h1-2,5,9,14H,3-4H2,(H,16,17). The lowest BCUT2D eigenvalue weighted by Gasteiger charge is -2.11. The van der Waals surface area contributed by atoms with Crippen LogP contribution in [-0.4, -0.2) is 22.5 Å². The monoisotopic (exact) mass is 283 g/mol. The number of nitrogens with one attached hydrogen (secondary N) is 1. The van der Waals surface area contributed by atoms with Gasteiger partial charge in [-0.25, -0.2) is 0 Å². The summed E-state index contributed by atoms with van der Waals surface area (Å²) in [5, 5.41) is 30.9. The second-order valence-electron chi connectivity index (χ2n) is 3.63. The van der Waals surface area contributed by atoms with E-state index in [1.54, 1.807) is 0 Å². The summed E-state index contributed by atoms with van der Waals surface area (Å²) >= 11 is 5.66. The molecule has 1 aromatic rings. The number of nitriles is 1. The molecule has 0 aromatic heterocycles. The van der Waals surface area contributed by atoms with E-state index in [0.29, 0.717) is 5.56 Å². The number of nitrogens with zero attached hydrogens (tertiary/aromatic N) is 2. The molecule has 0 aliphatic carbocycles. The van der Waals surface area contributed by atoms with Crippen molar-refractivity contribution in [1.82, 2.24) is 5.32 Å². The first kappa shape index (κ1) is 14.9. The van der Waals surface area contributed by atoms with Crippen molar-refractivity contribution in [2.24, 2.45) is 0 Å². The first-order chi connectivity index (χ1) is 8.95. The highest BCUT2D eigenvalue weighted by molar-refractivity contribution is 6.32. The van der Waals surface area contributed by atoms with Crippen molar-refractivity contribution in [3.63, 3.8) is 0 Å². The quantitative estimate of drug-likeness (QED) is 0.608. The van der Waals surface area contributed by atoms with Crippen LogP contribution >= 0.6 is 11.6 Å². The van der Waals surface area contributed by atoms with Crippen molar-refractivity contribution >= 4 is 23.3 Å².